The molecule has 3 heteroatoms. The standard InChI is InChI=1S/C15H16BrNO/c1-2-5-15(18)13(16)10-11-6-3-8-14-12(11)7-4-9-17-14/h3-4,6-9,13H,2,5,10H2,1H3. The fourth-order valence-electron chi connectivity index (χ4n) is 2.05. The zero-order valence-corrected chi connectivity index (χ0v) is 12.0. The Morgan fingerprint density at radius 2 is 2.17 bits per heavy atom. The first-order valence-corrected chi connectivity index (χ1v) is 7.13. The van der Waals surface area contributed by atoms with E-state index in [9.17, 15) is 4.79 Å². The minimum Gasteiger partial charge on any atom is -0.298 e. The third-order valence-electron chi connectivity index (χ3n) is 2.98. The third-order valence-corrected chi connectivity index (χ3v) is 3.82. The molecule has 94 valence electrons. The molecule has 0 N–H and O–H groups in total. The minimum absolute atomic E-state index is 0.0942. The van der Waals surface area contributed by atoms with Gasteiger partial charge in [-0.2, -0.15) is 0 Å². The van der Waals surface area contributed by atoms with Gasteiger partial charge in [-0.1, -0.05) is 41.1 Å². The second-order valence-electron chi connectivity index (χ2n) is 4.38. The molecule has 1 atom stereocenters. The zero-order chi connectivity index (χ0) is 13.0. The summed E-state index contributed by atoms with van der Waals surface area (Å²) in [6, 6.07) is 10.0. The summed E-state index contributed by atoms with van der Waals surface area (Å²) < 4.78 is 0. The van der Waals surface area contributed by atoms with Crippen LogP contribution in [0.5, 0.6) is 0 Å². The van der Waals surface area contributed by atoms with Crippen LogP contribution in [0.15, 0.2) is 36.5 Å². The van der Waals surface area contributed by atoms with Crippen LogP contribution in [-0.2, 0) is 11.2 Å². The van der Waals surface area contributed by atoms with Crippen molar-refractivity contribution < 1.29 is 4.79 Å². The highest BCUT2D eigenvalue weighted by Crippen LogP contribution is 2.21. The zero-order valence-electron chi connectivity index (χ0n) is 10.4. The van der Waals surface area contributed by atoms with E-state index in [0.717, 1.165) is 23.7 Å². The number of alkyl halides is 1. The first-order chi connectivity index (χ1) is 8.72. The highest BCUT2D eigenvalue weighted by Gasteiger charge is 2.15. The lowest BCUT2D eigenvalue weighted by Gasteiger charge is -2.10. The number of ketones is 1. The Morgan fingerprint density at radius 1 is 1.33 bits per heavy atom. The number of rotatable bonds is 5. The van der Waals surface area contributed by atoms with Crippen molar-refractivity contribution in [2.45, 2.75) is 31.0 Å². The molecule has 0 aliphatic heterocycles. The molecule has 2 rings (SSSR count). The molecule has 0 saturated carbocycles. The molecule has 0 aliphatic carbocycles. The summed E-state index contributed by atoms with van der Waals surface area (Å²) in [7, 11) is 0. The minimum atomic E-state index is -0.0942. The number of hydrogen-bond donors (Lipinski definition) is 0. The summed E-state index contributed by atoms with van der Waals surface area (Å²) >= 11 is 3.50. The Labute approximate surface area is 116 Å². The maximum Gasteiger partial charge on any atom is 0.146 e. The van der Waals surface area contributed by atoms with Gasteiger partial charge in [0.25, 0.3) is 0 Å². The first kappa shape index (κ1) is 13.2. The number of carbonyl (C=O) groups is 1. The van der Waals surface area contributed by atoms with Crippen molar-refractivity contribution in [2.24, 2.45) is 0 Å². The molecule has 1 heterocycles. The van der Waals surface area contributed by atoms with Gasteiger partial charge in [-0.05, 0) is 30.5 Å². The molecule has 2 aromatic rings. The van der Waals surface area contributed by atoms with Crippen molar-refractivity contribution in [3.8, 4) is 0 Å². The molecule has 0 spiro atoms. The fraction of sp³-hybridized carbons (Fsp3) is 0.333. The van der Waals surface area contributed by atoms with Crippen LogP contribution < -0.4 is 0 Å². The van der Waals surface area contributed by atoms with Crippen molar-refractivity contribution in [3.05, 3.63) is 42.1 Å². The first-order valence-electron chi connectivity index (χ1n) is 6.21. The van der Waals surface area contributed by atoms with Gasteiger partial charge in [0.2, 0.25) is 0 Å². The van der Waals surface area contributed by atoms with Gasteiger partial charge in [0.15, 0.2) is 0 Å². The number of Topliss-reactive ketones (excluding diaryl/α,β-unsaturated/α-hetero) is 1. The Hall–Kier alpha value is -1.22. The molecule has 0 saturated heterocycles. The smallest absolute Gasteiger partial charge is 0.146 e. The Kier molecular flexibility index (Phi) is 4.48. The van der Waals surface area contributed by atoms with Crippen LogP contribution in [-0.4, -0.2) is 15.6 Å². The molecule has 0 radical (unpaired) electrons. The highest BCUT2D eigenvalue weighted by atomic mass is 79.9. The van der Waals surface area contributed by atoms with Gasteiger partial charge < -0.3 is 0 Å². The van der Waals surface area contributed by atoms with Gasteiger partial charge in [-0.25, -0.2) is 0 Å². The fourth-order valence-corrected chi connectivity index (χ4v) is 2.63. The number of aromatic nitrogens is 1. The van der Waals surface area contributed by atoms with Crippen molar-refractivity contribution in [2.75, 3.05) is 0 Å². The molecule has 2 nitrogen and oxygen atoms in total. The number of pyridine rings is 1. The third kappa shape index (κ3) is 2.96. The van der Waals surface area contributed by atoms with Crippen LogP contribution in [0.2, 0.25) is 0 Å². The van der Waals surface area contributed by atoms with Crippen LogP contribution in [0, 0.1) is 0 Å². The molecule has 1 aromatic heterocycles. The van der Waals surface area contributed by atoms with E-state index in [0.29, 0.717) is 6.42 Å². The molecule has 18 heavy (non-hydrogen) atoms. The molecule has 0 amide bonds. The Morgan fingerprint density at radius 3 is 2.94 bits per heavy atom. The second-order valence-corrected chi connectivity index (χ2v) is 5.48. The van der Waals surface area contributed by atoms with Gasteiger partial charge >= 0.3 is 0 Å². The van der Waals surface area contributed by atoms with Crippen LogP contribution in [0.25, 0.3) is 10.9 Å². The van der Waals surface area contributed by atoms with Crippen molar-refractivity contribution in [3.63, 3.8) is 0 Å². The van der Waals surface area contributed by atoms with E-state index in [1.54, 1.807) is 6.20 Å². The lowest BCUT2D eigenvalue weighted by molar-refractivity contribution is -0.118. The van der Waals surface area contributed by atoms with Gasteiger partial charge in [0.05, 0.1) is 10.3 Å². The summed E-state index contributed by atoms with van der Waals surface area (Å²) in [4.78, 5) is 16.1. The quantitative estimate of drug-likeness (QED) is 0.784. The van der Waals surface area contributed by atoms with E-state index in [4.69, 9.17) is 0 Å². The van der Waals surface area contributed by atoms with E-state index in [2.05, 4.69) is 33.0 Å². The van der Waals surface area contributed by atoms with Crippen molar-refractivity contribution in [1.82, 2.24) is 4.98 Å². The lowest BCUT2D eigenvalue weighted by Crippen LogP contribution is -2.16. The maximum atomic E-state index is 11.8. The molecular weight excluding hydrogens is 290 g/mol. The number of halogens is 1. The van der Waals surface area contributed by atoms with Gasteiger partial charge in [-0.15, -0.1) is 0 Å². The van der Waals surface area contributed by atoms with E-state index in [1.807, 2.05) is 25.1 Å². The number of fused-ring (bicyclic) bond motifs is 1. The molecule has 0 fully saturated rings. The molecule has 0 bridgehead atoms. The molecule has 1 unspecified atom stereocenters. The lowest BCUT2D eigenvalue weighted by atomic mass is 10.0. The predicted molar refractivity (Wildman–Crippen MR) is 78.1 cm³/mol. The van der Waals surface area contributed by atoms with Gasteiger partial charge in [0, 0.05) is 18.0 Å². The van der Waals surface area contributed by atoms with Crippen LogP contribution >= 0.6 is 15.9 Å². The molecular formula is C15H16BrNO. The molecule has 1 aromatic carbocycles. The van der Waals surface area contributed by atoms with E-state index in [1.165, 1.54) is 5.56 Å². The van der Waals surface area contributed by atoms with E-state index in [-0.39, 0.29) is 10.6 Å². The summed E-state index contributed by atoms with van der Waals surface area (Å²) in [5.41, 5.74) is 2.16. The second kappa shape index (κ2) is 6.10. The summed E-state index contributed by atoms with van der Waals surface area (Å²) in [5, 5.41) is 1.13. The average molecular weight is 306 g/mol. The van der Waals surface area contributed by atoms with E-state index >= 15 is 0 Å². The Balaban J connectivity index is 2.24. The van der Waals surface area contributed by atoms with Gasteiger partial charge in [0.1, 0.15) is 5.78 Å². The normalized spacial score (nSPS) is 12.6. The Bertz CT molecular complexity index is 548. The number of carbonyl (C=O) groups excluding carboxylic acids is 1. The average Bonchev–Trinajstić information content (AvgIpc) is 2.39. The largest absolute Gasteiger partial charge is 0.298 e. The summed E-state index contributed by atoms with van der Waals surface area (Å²) in [6.07, 6.45) is 4.05. The monoisotopic (exact) mass is 305 g/mol. The summed E-state index contributed by atoms with van der Waals surface area (Å²) in [6.45, 7) is 2.03. The number of nitrogens with zero attached hydrogens (tertiary/aromatic N) is 1. The maximum absolute atomic E-state index is 11.8. The number of hydrogen-bond acceptors (Lipinski definition) is 2. The van der Waals surface area contributed by atoms with Crippen LogP contribution in [0.3, 0.4) is 0 Å². The SMILES string of the molecule is CCCC(=O)C(Br)Cc1cccc2ncccc12. The van der Waals surface area contributed by atoms with Crippen molar-refractivity contribution in [1.29, 1.82) is 0 Å². The number of benzene rings is 1. The molecule has 0 aliphatic rings. The van der Waals surface area contributed by atoms with Gasteiger partial charge in [-0.3, -0.25) is 9.78 Å². The van der Waals surface area contributed by atoms with E-state index < -0.39 is 0 Å². The topological polar surface area (TPSA) is 30.0 Å². The predicted octanol–water partition coefficient (Wildman–Crippen LogP) is 3.91. The van der Waals surface area contributed by atoms with Crippen LogP contribution in [0.4, 0.5) is 0 Å². The van der Waals surface area contributed by atoms with Crippen molar-refractivity contribution >= 4 is 32.6 Å². The highest BCUT2D eigenvalue weighted by molar-refractivity contribution is 9.10. The van der Waals surface area contributed by atoms with Crippen LogP contribution in [0.1, 0.15) is 25.3 Å². The summed E-state index contributed by atoms with van der Waals surface area (Å²) in [5.74, 6) is 0.276.